The molecule has 0 unspecified atom stereocenters. The minimum Gasteiger partial charge on any atom is -0.384 e. The monoisotopic (exact) mass is 440 g/mol. The molecule has 30 heavy (non-hydrogen) atoms. The number of hydrogen-bond donors (Lipinski definition) is 1. The van der Waals surface area contributed by atoms with Gasteiger partial charge < -0.3 is 5.73 Å². The Balaban J connectivity index is 2.01. The fourth-order valence-corrected chi connectivity index (χ4v) is 5.25. The van der Waals surface area contributed by atoms with Gasteiger partial charge in [-0.1, -0.05) is 11.6 Å². The maximum Gasteiger partial charge on any atom is 0.294 e. The second-order valence-electron chi connectivity index (χ2n) is 7.15. The van der Waals surface area contributed by atoms with Crippen LogP contribution in [-0.2, 0) is 4.79 Å². The minimum atomic E-state index is -0.556. The van der Waals surface area contributed by atoms with E-state index in [0.29, 0.717) is 30.5 Å². The highest BCUT2D eigenvalue weighted by molar-refractivity contribution is 7.12. The zero-order chi connectivity index (χ0) is 21.6. The van der Waals surface area contributed by atoms with Gasteiger partial charge in [-0.25, -0.2) is 0 Å². The molecule has 152 valence electrons. The molecule has 9 heteroatoms. The minimum absolute atomic E-state index is 0.0610. The first-order chi connectivity index (χ1) is 14.3. The number of nitrogens with two attached hydrogens (primary N) is 1. The standard InChI is InChI=1S/C21H17ClN4O3S/c1-11-5-8-18(30-11)19-13(10-23)21(24)25(15-3-2-4-17(27)20(15)19)14-7-6-12(22)9-16(14)26(28)29/h5-9,19H,2-4,24H2,1H3/t19-/m1/s1. The van der Waals surface area contributed by atoms with E-state index in [4.69, 9.17) is 17.3 Å². The van der Waals surface area contributed by atoms with E-state index in [0.717, 1.165) is 9.75 Å². The summed E-state index contributed by atoms with van der Waals surface area (Å²) in [6.07, 6.45) is 1.51. The maximum absolute atomic E-state index is 13.0. The smallest absolute Gasteiger partial charge is 0.294 e. The summed E-state index contributed by atoms with van der Waals surface area (Å²) in [7, 11) is 0. The fraction of sp³-hybridized carbons (Fsp3) is 0.238. The molecule has 1 aromatic carbocycles. The Morgan fingerprint density at radius 1 is 1.33 bits per heavy atom. The van der Waals surface area contributed by atoms with Crippen LogP contribution in [-0.4, -0.2) is 10.7 Å². The molecule has 7 nitrogen and oxygen atoms in total. The second kappa shape index (κ2) is 7.59. The van der Waals surface area contributed by atoms with Crippen molar-refractivity contribution in [3.05, 3.63) is 77.9 Å². The lowest BCUT2D eigenvalue weighted by molar-refractivity contribution is -0.384. The van der Waals surface area contributed by atoms with Crippen LogP contribution in [0.3, 0.4) is 0 Å². The third-order valence-electron chi connectivity index (χ3n) is 5.33. The van der Waals surface area contributed by atoms with E-state index < -0.39 is 10.8 Å². The van der Waals surface area contributed by atoms with E-state index in [1.165, 1.54) is 34.4 Å². The highest BCUT2D eigenvalue weighted by Gasteiger charge is 2.42. The van der Waals surface area contributed by atoms with Crippen molar-refractivity contribution in [3.8, 4) is 6.07 Å². The number of Topliss-reactive ketones (excluding diaryl/α,β-unsaturated/α-hetero) is 1. The average Bonchev–Trinajstić information content (AvgIpc) is 3.13. The van der Waals surface area contributed by atoms with Crippen LogP contribution in [0.15, 0.2) is 53.0 Å². The zero-order valence-electron chi connectivity index (χ0n) is 16.0. The summed E-state index contributed by atoms with van der Waals surface area (Å²) < 4.78 is 0. The molecule has 1 aromatic heterocycles. The summed E-state index contributed by atoms with van der Waals surface area (Å²) >= 11 is 7.48. The summed E-state index contributed by atoms with van der Waals surface area (Å²) in [5.74, 6) is -0.513. The molecule has 4 rings (SSSR count). The summed E-state index contributed by atoms with van der Waals surface area (Å²) in [6, 6.07) is 10.3. The number of nitriles is 1. The lowest BCUT2D eigenvalue weighted by Crippen LogP contribution is -2.38. The number of halogens is 1. The number of benzene rings is 1. The summed E-state index contributed by atoms with van der Waals surface area (Å²) in [4.78, 5) is 27.6. The van der Waals surface area contributed by atoms with Gasteiger partial charge in [0.15, 0.2) is 5.78 Å². The van der Waals surface area contributed by atoms with Gasteiger partial charge in [0.1, 0.15) is 11.5 Å². The Kier molecular flexibility index (Phi) is 5.10. The first kappa shape index (κ1) is 20.1. The molecule has 2 N–H and O–H groups in total. The van der Waals surface area contributed by atoms with E-state index in [-0.39, 0.29) is 33.6 Å². The molecule has 0 spiro atoms. The van der Waals surface area contributed by atoms with Gasteiger partial charge in [-0.05, 0) is 44.0 Å². The second-order valence-corrected chi connectivity index (χ2v) is 8.91. The predicted octanol–water partition coefficient (Wildman–Crippen LogP) is 4.92. The Bertz CT molecular complexity index is 1190. The molecule has 0 amide bonds. The molecule has 0 saturated heterocycles. The van der Waals surface area contributed by atoms with Gasteiger partial charge in [0.25, 0.3) is 5.69 Å². The van der Waals surface area contributed by atoms with Gasteiger partial charge in [-0.3, -0.25) is 19.8 Å². The van der Waals surface area contributed by atoms with E-state index in [9.17, 15) is 20.2 Å². The van der Waals surface area contributed by atoms with E-state index in [1.54, 1.807) is 0 Å². The van der Waals surface area contributed by atoms with Gasteiger partial charge in [-0.15, -0.1) is 11.3 Å². The molecule has 2 aromatic rings. The van der Waals surface area contributed by atoms with Crippen LogP contribution in [0, 0.1) is 28.4 Å². The summed E-state index contributed by atoms with van der Waals surface area (Å²) in [5.41, 5.74) is 7.73. The van der Waals surface area contributed by atoms with Crippen molar-refractivity contribution < 1.29 is 9.72 Å². The SMILES string of the molecule is Cc1ccc([C@H]2C(C#N)=C(N)N(c3ccc(Cl)cc3[N+](=O)[O-])C3=C2C(=O)CCC3)s1. The maximum atomic E-state index is 13.0. The zero-order valence-corrected chi connectivity index (χ0v) is 17.6. The molecular formula is C21H17ClN4O3S. The Hall–Kier alpha value is -3.15. The predicted molar refractivity (Wildman–Crippen MR) is 115 cm³/mol. The lowest BCUT2D eigenvalue weighted by atomic mass is 9.78. The number of rotatable bonds is 3. The van der Waals surface area contributed by atoms with Crippen molar-refractivity contribution in [2.24, 2.45) is 5.73 Å². The number of nitro groups is 1. The van der Waals surface area contributed by atoms with Crippen LogP contribution in [0.1, 0.15) is 34.9 Å². The van der Waals surface area contributed by atoms with Gasteiger partial charge >= 0.3 is 0 Å². The number of allylic oxidation sites excluding steroid dienone is 3. The normalized spacial score (nSPS) is 19.0. The topological polar surface area (TPSA) is 113 Å². The number of thiophene rings is 1. The van der Waals surface area contributed by atoms with Crippen molar-refractivity contribution in [2.75, 3.05) is 4.90 Å². The number of hydrogen-bond acceptors (Lipinski definition) is 7. The number of carbonyl (C=O) groups excluding carboxylic acids is 1. The van der Waals surface area contributed by atoms with Crippen molar-refractivity contribution >= 4 is 40.1 Å². The number of anilines is 1. The Morgan fingerprint density at radius 3 is 2.73 bits per heavy atom. The van der Waals surface area contributed by atoms with Gasteiger partial charge in [0.2, 0.25) is 0 Å². The van der Waals surface area contributed by atoms with Gasteiger partial charge in [0.05, 0.1) is 22.5 Å². The van der Waals surface area contributed by atoms with E-state index >= 15 is 0 Å². The van der Waals surface area contributed by atoms with Gasteiger partial charge in [0, 0.05) is 38.5 Å². The summed E-state index contributed by atoms with van der Waals surface area (Å²) in [5, 5.41) is 21.9. The number of ketones is 1. The number of carbonyl (C=O) groups is 1. The third-order valence-corrected chi connectivity index (χ3v) is 6.63. The van der Waals surface area contributed by atoms with Crippen molar-refractivity contribution in [3.63, 3.8) is 0 Å². The van der Waals surface area contributed by atoms with Gasteiger partial charge in [-0.2, -0.15) is 5.26 Å². The first-order valence-electron chi connectivity index (χ1n) is 9.30. The molecule has 1 aliphatic carbocycles. The molecule has 0 fully saturated rings. The molecule has 1 aliphatic heterocycles. The molecule has 0 saturated carbocycles. The number of nitro benzene ring substituents is 1. The number of nitrogens with zero attached hydrogens (tertiary/aromatic N) is 3. The fourth-order valence-electron chi connectivity index (χ4n) is 4.09. The Labute approximate surface area is 181 Å². The molecule has 0 bridgehead atoms. The first-order valence-corrected chi connectivity index (χ1v) is 10.5. The van der Waals surface area contributed by atoms with Crippen LogP contribution in [0.4, 0.5) is 11.4 Å². The molecule has 1 atom stereocenters. The van der Waals surface area contributed by atoms with Crippen LogP contribution < -0.4 is 10.6 Å². The molecule has 0 radical (unpaired) electrons. The van der Waals surface area contributed by atoms with Crippen LogP contribution >= 0.6 is 22.9 Å². The van der Waals surface area contributed by atoms with E-state index in [2.05, 4.69) is 6.07 Å². The van der Waals surface area contributed by atoms with Crippen LogP contribution in [0.2, 0.25) is 5.02 Å². The Morgan fingerprint density at radius 2 is 2.10 bits per heavy atom. The molecular weight excluding hydrogens is 424 g/mol. The molecule has 2 aliphatic rings. The van der Waals surface area contributed by atoms with Crippen molar-refractivity contribution in [1.29, 1.82) is 5.26 Å². The third kappa shape index (κ3) is 3.16. The largest absolute Gasteiger partial charge is 0.384 e. The van der Waals surface area contributed by atoms with E-state index in [1.807, 2.05) is 19.1 Å². The van der Waals surface area contributed by atoms with Crippen LogP contribution in [0.25, 0.3) is 0 Å². The molecule has 2 heterocycles. The summed E-state index contributed by atoms with van der Waals surface area (Å²) in [6.45, 7) is 1.96. The lowest BCUT2D eigenvalue weighted by Gasteiger charge is -2.39. The van der Waals surface area contributed by atoms with Crippen molar-refractivity contribution in [2.45, 2.75) is 32.1 Å². The number of aryl methyl sites for hydroxylation is 1. The van der Waals surface area contributed by atoms with Crippen LogP contribution in [0.5, 0.6) is 0 Å². The highest BCUT2D eigenvalue weighted by atomic mass is 35.5. The average molecular weight is 441 g/mol. The highest BCUT2D eigenvalue weighted by Crippen LogP contribution is 2.49. The van der Waals surface area contributed by atoms with Crippen molar-refractivity contribution in [1.82, 2.24) is 0 Å². The quantitative estimate of drug-likeness (QED) is 0.535.